The van der Waals surface area contributed by atoms with Gasteiger partial charge >= 0.3 is 0 Å². The van der Waals surface area contributed by atoms with Gasteiger partial charge in [0, 0.05) is 31.8 Å². The molecule has 1 aliphatic heterocycles. The van der Waals surface area contributed by atoms with Crippen LogP contribution in [0.4, 0.5) is 0 Å². The fraction of sp³-hybridized carbons (Fsp3) is 0.207. The average Bonchev–Trinajstić information content (AvgIpc) is 3.18. The van der Waals surface area contributed by atoms with Gasteiger partial charge in [-0.2, -0.15) is 0 Å². The molecule has 5 heteroatoms. The molecule has 2 aliphatic rings. The van der Waals surface area contributed by atoms with E-state index in [9.17, 15) is 9.59 Å². The summed E-state index contributed by atoms with van der Waals surface area (Å²) < 4.78 is 0.824. The molecule has 0 aromatic heterocycles. The highest BCUT2D eigenvalue weighted by Gasteiger charge is 2.48. The number of benzene rings is 3. The van der Waals surface area contributed by atoms with Gasteiger partial charge < -0.3 is 0 Å². The van der Waals surface area contributed by atoms with Gasteiger partial charge in [0.25, 0.3) is 0 Å². The minimum absolute atomic E-state index is 0.129. The molecule has 1 saturated carbocycles. The number of nitrogens with zero attached hydrogens (tertiary/aromatic N) is 1. The minimum Gasteiger partial charge on any atom is -0.289 e. The smallest absolute Gasteiger partial charge is 0.195 e. The molecule has 1 fully saturated rings. The van der Waals surface area contributed by atoms with Gasteiger partial charge in [-0.3, -0.25) is 14.6 Å². The molecule has 0 saturated heterocycles. The van der Waals surface area contributed by atoms with Gasteiger partial charge in [-0.15, -0.1) is 0 Å². The molecule has 0 radical (unpaired) electrons. The van der Waals surface area contributed by atoms with Gasteiger partial charge in [0.1, 0.15) is 0 Å². The quantitative estimate of drug-likeness (QED) is 0.317. The highest BCUT2D eigenvalue weighted by atomic mass is 79.9. The van der Waals surface area contributed by atoms with E-state index in [1.165, 1.54) is 0 Å². The summed E-state index contributed by atoms with van der Waals surface area (Å²) in [6.07, 6.45) is 4.56. The molecule has 0 unspecified atom stereocenters. The number of carbonyl (C=O) groups is 2. The van der Waals surface area contributed by atoms with Crippen molar-refractivity contribution in [3.05, 3.63) is 116 Å². The van der Waals surface area contributed by atoms with E-state index >= 15 is 0 Å². The number of Topliss-reactive ketones (excluding diaryl/α,β-unsaturated/α-hetero) is 2. The fourth-order valence-corrected chi connectivity index (χ4v) is 5.57. The van der Waals surface area contributed by atoms with E-state index < -0.39 is 5.54 Å². The lowest BCUT2D eigenvalue weighted by atomic mass is 9.73. The van der Waals surface area contributed by atoms with Gasteiger partial charge in [0.05, 0.1) is 16.8 Å². The van der Waals surface area contributed by atoms with Crippen LogP contribution >= 0.6 is 27.5 Å². The first-order valence-electron chi connectivity index (χ1n) is 11.5. The minimum atomic E-state index is -0.688. The van der Waals surface area contributed by atoms with Crippen LogP contribution in [0.25, 0.3) is 0 Å². The third-order valence-corrected chi connectivity index (χ3v) is 7.40. The summed E-state index contributed by atoms with van der Waals surface area (Å²) in [6.45, 7) is 0. The highest BCUT2D eigenvalue weighted by molar-refractivity contribution is 9.10. The van der Waals surface area contributed by atoms with Crippen molar-refractivity contribution in [2.75, 3.05) is 0 Å². The zero-order valence-electron chi connectivity index (χ0n) is 18.6. The van der Waals surface area contributed by atoms with Crippen molar-refractivity contribution in [3.63, 3.8) is 0 Å². The van der Waals surface area contributed by atoms with Crippen molar-refractivity contribution in [1.82, 2.24) is 0 Å². The van der Waals surface area contributed by atoms with E-state index in [2.05, 4.69) is 15.9 Å². The predicted octanol–water partition coefficient (Wildman–Crippen LogP) is 7.67. The number of allylic oxidation sites excluding steroid dienone is 1. The van der Waals surface area contributed by atoms with Crippen LogP contribution in [0.1, 0.15) is 58.4 Å². The Hall–Kier alpha value is -2.82. The Morgan fingerprint density at radius 2 is 1.47 bits per heavy atom. The molecule has 3 nitrogen and oxygen atoms in total. The molecule has 0 amide bonds. The van der Waals surface area contributed by atoms with Crippen molar-refractivity contribution in [3.8, 4) is 0 Å². The largest absolute Gasteiger partial charge is 0.289 e. The van der Waals surface area contributed by atoms with Gasteiger partial charge in [-0.1, -0.05) is 101 Å². The van der Waals surface area contributed by atoms with Gasteiger partial charge in [0.15, 0.2) is 11.6 Å². The summed E-state index contributed by atoms with van der Waals surface area (Å²) in [7, 11) is 0. The summed E-state index contributed by atoms with van der Waals surface area (Å²) in [6, 6.07) is 23.9. The van der Waals surface area contributed by atoms with E-state index in [0.717, 1.165) is 42.1 Å². The molecule has 0 bridgehead atoms. The van der Waals surface area contributed by atoms with Crippen molar-refractivity contribution in [2.45, 2.75) is 37.6 Å². The third kappa shape index (κ3) is 4.21. The SMILES string of the molecule is O=C(C1=C(C(=O)c2cccc(Br)c2)C2(CCCCC2)N=C1c1ccc(Cl)cc1)c1ccccc1. The van der Waals surface area contributed by atoms with E-state index in [1.54, 1.807) is 24.3 Å². The second kappa shape index (κ2) is 9.44. The molecule has 1 aliphatic carbocycles. The molecule has 0 N–H and O–H groups in total. The normalized spacial score (nSPS) is 17.1. The topological polar surface area (TPSA) is 46.5 Å². The zero-order chi connectivity index (χ0) is 23.7. The zero-order valence-corrected chi connectivity index (χ0v) is 20.9. The lowest BCUT2D eigenvalue weighted by molar-refractivity contribution is 0.0988. The second-order valence-electron chi connectivity index (χ2n) is 8.84. The number of hydrogen-bond donors (Lipinski definition) is 0. The first-order valence-corrected chi connectivity index (χ1v) is 12.7. The van der Waals surface area contributed by atoms with Gasteiger partial charge in [0.2, 0.25) is 0 Å². The Labute approximate surface area is 212 Å². The second-order valence-corrected chi connectivity index (χ2v) is 10.2. The van der Waals surface area contributed by atoms with Gasteiger partial charge in [-0.05, 0) is 37.1 Å². The maximum absolute atomic E-state index is 14.1. The molecule has 1 spiro atoms. The molecule has 3 aromatic rings. The summed E-state index contributed by atoms with van der Waals surface area (Å²) in [5.41, 5.74) is 2.75. The third-order valence-electron chi connectivity index (χ3n) is 6.65. The number of rotatable bonds is 5. The molecule has 5 rings (SSSR count). The predicted molar refractivity (Wildman–Crippen MR) is 140 cm³/mol. The highest BCUT2D eigenvalue weighted by Crippen LogP contribution is 2.46. The van der Waals surface area contributed by atoms with Crippen molar-refractivity contribution >= 4 is 44.8 Å². The summed E-state index contributed by atoms with van der Waals surface area (Å²) in [5, 5.41) is 0.611. The molecule has 0 atom stereocenters. The van der Waals surface area contributed by atoms with Crippen LogP contribution in [0.5, 0.6) is 0 Å². The first kappa shape index (κ1) is 22.9. The standard InChI is InChI=1S/C29H23BrClNO2/c30-22-11-7-10-21(18-22)28(34)25-24(27(33)20-8-3-1-4-9-20)26(19-12-14-23(31)15-13-19)32-29(25)16-5-2-6-17-29/h1,3-4,7-15,18H,2,5-6,16-17H2. The number of aliphatic imine (C=N–C) groups is 1. The number of halogens is 2. The maximum Gasteiger partial charge on any atom is 0.195 e. The summed E-state index contributed by atoms with van der Waals surface area (Å²) in [4.78, 5) is 33.3. The molecule has 3 aromatic carbocycles. The van der Waals surface area contributed by atoms with E-state index in [0.29, 0.717) is 33.0 Å². The van der Waals surface area contributed by atoms with Crippen molar-refractivity contribution < 1.29 is 9.59 Å². The fourth-order valence-electron chi connectivity index (χ4n) is 5.05. The molecule has 34 heavy (non-hydrogen) atoms. The van der Waals surface area contributed by atoms with Crippen LogP contribution in [0, 0.1) is 0 Å². The Bertz CT molecular complexity index is 1320. The van der Waals surface area contributed by atoms with Crippen LogP contribution in [0.2, 0.25) is 5.02 Å². The van der Waals surface area contributed by atoms with Crippen LogP contribution in [-0.2, 0) is 0 Å². The molecular formula is C29H23BrClNO2. The number of hydrogen-bond acceptors (Lipinski definition) is 3. The Morgan fingerprint density at radius 3 is 2.15 bits per heavy atom. The van der Waals surface area contributed by atoms with Crippen LogP contribution in [-0.4, -0.2) is 22.8 Å². The number of ketones is 2. The summed E-state index contributed by atoms with van der Waals surface area (Å²) >= 11 is 9.64. The van der Waals surface area contributed by atoms with Crippen LogP contribution < -0.4 is 0 Å². The van der Waals surface area contributed by atoms with Crippen molar-refractivity contribution in [2.24, 2.45) is 4.99 Å². The van der Waals surface area contributed by atoms with E-state index in [4.69, 9.17) is 16.6 Å². The number of carbonyl (C=O) groups excluding carboxylic acids is 2. The lowest BCUT2D eigenvalue weighted by Crippen LogP contribution is -2.34. The Morgan fingerprint density at radius 1 is 0.794 bits per heavy atom. The monoisotopic (exact) mass is 531 g/mol. The lowest BCUT2D eigenvalue weighted by Gasteiger charge is -2.33. The Balaban J connectivity index is 1.77. The molecule has 1 heterocycles. The van der Waals surface area contributed by atoms with Gasteiger partial charge in [-0.25, -0.2) is 0 Å². The molecule has 170 valence electrons. The van der Waals surface area contributed by atoms with E-state index in [1.807, 2.05) is 54.6 Å². The van der Waals surface area contributed by atoms with E-state index in [-0.39, 0.29) is 11.6 Å². The van der Waals surface area contributed by atoms with Crippen molar-refractivity contribution in [1.29, 1.82) is 0 Å². The first-order chi connectivity index (χ1) is 16.5. The maximum atomic E-state index is 14.1. The van der Waals surface area contributed by atoms with Crippen LogP contribution in [0.15, 0.2) is 99.5 Å². The van der Waals surface area contributed by atoms with Crippen LogP contribution in [0.3, 0.4) is 0 Å². The Kier molecular flexibility index (Phi) is 6.37. The summed E-state index contributed by atoms with van der Waals surface area (Å²) in [5.74, 6) is -0.301. The molecular weight excluding hydrogens is 510 g/mol. The average molecular weight is 533 g/mol.